The van der Waals surface area contributed by atoms with Gasteiger partial charge >= 0.3 is 0 Å². The minimum absolute atomic E-state index is 0.188. The summed E-state index contributed by atoms with van der Waals surface area (Å²) in [5, 5.41) is 0.650. The zero-order valence-electron chi connectivity index (χ0n) is 13.2. The molecule has 0 saturated carbocycles. The monoisotopic (exact) mass is 382 g/mol. The Bertz CT molecular complexity index is 781. The van der Waals surface area contributed by atoms with Gasteiger partial charge in [0, 0.05) is 9.92 Å². The standard InChI is InChI=1S/C17H16Cl2N2O2S/c1-10-3-4-11(2)15(7-10)24-9-16(22)20-21-17(23)13-8-12(18)5-6-14(13)19/h3-8H,9H2,1-2H3,(H,20,22)(H,21,23). The molecular formula is C17H16Cl2N2O2S. The number of hydrogen-bond acceptors (Lipinski definition) is 3. The maximum Gasteiger partial charge on any atom is 0.271 e. The van der Waals surface area contributed by atoms with Crippen molar-refractivity contribution in [2.75, 3.05) is 5.75 Å². The number of halogens is 2. The summed E-state index contributed by atoms with van der Waals surface area (Å²) in [4.78, 5) is 25.0. The zero-order valence-corrected chi connectivity index (χ0v) is 15.5. The first-order valence-electron chi connectivity index (χ1n) is 7.11. The fraction of sp³-hybridized carbons (Fsp3) is 0.176. The Morgan fingerprint density at radius 3 is 2.54 bits per heavy atom. The van der Waals surface area contributed by atoms with Crippen molar-refractivity contribution in [3.05, 3.63) is 63.1 Å². The van der Waals surface area contributed by atoms with E-state index >= 15 is 0 Å². The van der Waals surface area contributed by atoms with Gasteiger partial charge in [0.05, 0.1) is 16.3 Å². The number of hydrazine groups is 1. The van der Waals surface area contributed by atoms with Gasteiger partial charge in [-0.1, -0.05) is 40.9 Å². The molecular weight excluding hydrogens is 367 g/mol. The summed E-state index contributed by atoms with van der Waals surface area (Å²) in [7, 11) is 0. The molecule has 0 saturated heterocycles. The maximum atomic E-state index is 12.0. The molecule has 0 aromatic heterocycles. The normalized spacial score (nSPS) is 10.3. The highest BCUT2D eigenvalue weighted by molar-refractivity contribution is 8.00. The Hall–Kier alpha value is -1.69. The van der Waals surface area contributed by atoms with Crippen molar-refractivity contribution in [3.63, 3.8) is 0 Å². The Balaban J connectivity index is 1.88. The molecule has 0 aliphatic rings. The van der Waals surface area contributed by atoms with Gasteiger partial charge in [-0.05, 0) is 43.7 Å². The number of hydrogen-bond donors (Lipinski definition) is 2. The number of nitrogens with one attached hydrogen (secondary N) is 2. The third-order valence-electron chi connectivity index (χ3n) is 3.19. The van der Waals surface area contributed by atoms with Crippen LogP contribution in [0.5, 0.6) is 0 Å². The number of thioether (sulfide) groups is 1. The van der Waals surface area contributed by atoms with E-state index in [1.165, 1.54) is 23.9 Å². The fourth-order valence-electron chi connectivity index (χ4n) is 1.91. The second kappa shape index (κ2) is 8.42. The van der Waals surface area contributed by atoms with Crippen LogP contribution in [0.1, 0.15) is 21.5 Å². The van der Waals surface area contributed by atoms with Crippen LogP contribution in [0.15, 0.2) is 41.3 Å². The number of aryl methyl sites for hydroxylation is 2. The van der Waals surface area contributed by atoms with E-state index in [0.29, 0.717) is 5.02 Å². The first-order valence-corrected chi connectivity index (χ1v) is 8.85. The van der Waals surface area contributed by atoms with Crippen LogP contribution < -0.4 is 10.9 Å². The first-order chi connectivity index (χ1) is 11.4. The third-order valence-corrected chi connectivity index (χ3v) is 4.91. The predicted molar refractivity (Wildman–Crippen MR) is 98.7 cm³/mol. The van der Waals surface area contributed by atoms with Crippen LogP contribution in [0.3, 0.4) is 0 Å². The van der Waals surface area contributed by atoms with Crippen LogP contribution in [-0.4, -0.2) is 17.6 Å². The van der Waals surface area contributed by atoms with Crippen molar-refractivity contribution in [2.45, 2.75) is 18.7 Å². The van der Waals surface area contributed by atoms with Gasteiger partial charge < -0.3 is 0 Å². The molecule has 0 aliphatic carbocycles. The molecule has 24 heavy (non-hydrogen) atoms. The van der Waals surface area contributed by atoms with Gasteiger partial charge in [0.1, 0.15) is 0 Å². The van der Waals surface area contributed by atoms with E-state index in [0.717, 1.165) is 16.0 Å². The van der Waals surface area contributed by atoms with E-state index in [2.05, 4.69) is 10.9 Å². The lowest BCUT2D eigenvalue weighted by Crippen LogP contribution is -2.42. The van der Waals surface area contributed by atoms with Gasteiger partial charge in [-0.15, -0.1) is 11.8 Å². The summed E-state index contributed by atoms with van der Waals surface area (Å²) in [6, 6.07) is 10.6. The molecule has 2 rings (SSSR count). The molecule has 0 heterocycles. The van der Waals surface area contributed by atoms with Gasteiger partial charge in [-0.2, -0.15) is 0 Å². The van der Waals surface area contributed by atoms with E-state index in [-0.39, 0.29) is 22.2 Å². The Kier molecular flexibility index (Phi) is 6.54. The van der Waals surface area contributed by atoms with Gasteiger partial charge in [-0.25, -0.2) is 0 Å². The Morgan fingerprint density at radius 1 is 1.04 bits per heavy atom. The third kappa shape index (κ3) is 5.16. The van der Waals surface area contributed by atoms with E-state index in [1.807, 2.05) is 32.0 Å². The molecule has 7 heteroatoms. The molecule has 4 nitrogen and oxygen atoms in total. The lowest BCUT2D eigenvalue weighted by atomic mass is 10.2. The molecule has 2 aromatic carbocycles. The number of benzene rings is 2. The van der Waals surface area contributed by atoms with Gasteiger partial charge in [-0.3, -0.25) is 20.4 Å². The van der Waals surface area contributed by atoms with E-state index in [9.17, 15) is 9.59 Å². The Morgan fingerprint density at radius 2 is 1.79 bits per heavy atom. The van der Waals surface area contributed by atoms with E-state index in [1.54, 1.807) is 6.07 Å². The smallest absolute Gasteiger partial charge is 0.271 e. The molecule has 0 radical (unpaired) electrons. The number of rotatable bonds is 4. The van der Waals surface area contributed by atoms with E-state index < -0.39 is 5.91 Å². The van der Waals surface area contributed by atoms with Crippen molar-refractivity contribution >= 4 is 46.8 Å². The van der Waals surface area contributed by atoms with Crippen LogP contribution in [0.25, 0.3) is 0 Å². The van der Waals surface area contributed by atoms with Crippen molar-refractivity contribution in [1.29, 1.82) is 0 Å². The van der Waals surface area contributed by atoms with Crippen LogP contribution in [0, 0.1) is 13.8 Å². The minimum Gasteiger partial charge on any atom is -0.272 e. The average molecular weight is 383 g/mol. The summed E-state index contributed by atoms with van der Waals surface area (Å²) < 4.78 is 0. The van der Waals surface area contributed by atoms with Crippen molar-refractivity contribution in [1.82, 2.24) is 10.9 Å². The molecule has 2 aromatic rings. The molecule has 0 atom stereocenters. The average Bonchev–Trinajstić information content (AvgIpc) is 2.55. The number of carbonyl (C=O) groups excluding carboxylic acids is 2. The highest BCUT2D eigenvalue weighted by Crippen LogP contribution is 2.23. The SMILES string of the molecule is Cc1ccc(C)c(SCC(=O)NNC(=O)c2cc(Cl)ccc2Cl)c1. The molecule has 0 bridgehead atoms. The molecule has 0 aliphatic heterocycles. The van der Waals surface area contributed by atoms with E-state index in [4.69, 9.17) is 23.2 Å². The van der Waals surface area contributed by atoms with Crippen LogP contribution in [0.2, 0.25) is 10.0 Å². The summed E-state index contributed by atoms with van der Waals surface area (Å²) in [6.45, 7) is 3.99. The maximum absolute atomic E-state index is 12.0. The molecule has 2 amide bonds. The molecule has 126 valence electrons. The number of amides is 2. The largest absolute Gasteiger partial charge is 0.272 e. The van der Waals surface area contributed by atoms with Gasteiger partial charge in [0.2, 0.25) is 5.91 Å². The Labute approximate surface area is 154 Å². The quantitative estimate of drug-likeness (QED) is 0.616. The van der Waals surface area contributed by atoms with Crippen LogP contribution >= 0.6 is 35.0 Å². The molecule has 0 unspecified atom stereocenters. The highest BCUT2D eigenvalue weighted by atomic mass is 35.5. The lowest BCUT2D eigenvalue weighted by Gasteiger charge is -2.10. The van der Waals surface area contributed by atoms with Crippen molar-refractivity contribution in [3.8, 4) is 0 Å². The first kappa shape index (κ1) is 18.6. The van der Waals surface area contributed by atoms with Gasteiger partial charge in [0.15, 0.2) is 0 Å². The summed E-state index contributed by atoms with van der Waals surface area (Å²) in [5.74, 6) is -0.645. The number of carbonyl (C=O) groups is 2. The molecule has 0 fully saturated rings. The summed E-state index contributed by atoms with van der Waals surface area (Å²) >= 11 is 13.2. The predicted octanol–water partition coefficient (Wildman–Crippen LogP) is 4.16. The molecule has 0 spiro atoms. The van der Waals surface area contributed by atoms with Gasteiger partial charge in [0.25, 0.3) is 5.91 Å². The topological polar surface area (TPSA) is 58.2 Å². The second-order valence-electron chi connectivity index (χ2n) is 5.18. The highest BCUT2D eigenvalue weighted by Gasteiger charge is 2.12. The van der Waals surface area contributed by atoms with Crippen molar-refractivity contribution in [2.24, 2.45) is 0 Å². The van der Waals surface area contributed by atoms with Crippen LogP contribution in [-0.2, 0) is 4.79 Å². The summed E-state index contributed by atoms with van der Waals surface area (Å²) in [6.07, 6.45) is 0. The lowest BCUT2D eigenvalue weighted by molar-refractivity contribution is -0.119. The second-order valence-corrected chi connectivity index (χ2v) is 7.04. The zero-order chi connectivity index (χ0) is 17.7. The summed E-state index contributed by atoms with van der Waals surface area (Å²) in [5.41, 5.74) is 7.14. The van der Waals surface area contributed by atoms with Crippen LogP contribution in [0.4, 0.5) is 0 Å². The minimum atomic E-state index is -0.521. The molecule has 2 N–H and O–H groups in total. The fourth-order valence-corrected chi connectivity index (χ4v) is 3.21. The van der Waals surface area contributed by atoms with Crippen molar-refractivity contribution < 1.29 is 9.59 Å².